The summed E-state index contributed by atoms with van der Waals surface area (Å²) in [6.07, 6.45) is 3.80. The average Bonchev–Trinajstić information content (AvgIpc) is 2.77. The van der Waals surface area contributed by atoms with Crippen molar-refractivity contribution in [1.82, 2.24) is 5.32 Å². The lowest BCUT2D eigenvalue weighted by atomic mass is 10.2. The van der Waals surface area contributed by atoms with Crippen molar-refractivity contribution in [3.05, 3.63) is 21.4 Å². The van der Waals surface area contributed by atoms with Crippen LogP contribution in [0.1, 0.15) is 28.7 Å². The summed E-state index contributed by atoms with van der Waals surface area (Å²) >= 11 is 1.90. The second kappa shape index (κ2) is 4.97. The van der Waals surface area contributed by atoms with E-state index in [1.54, 1.807) is 4.88 Å². The van der Waals surface area contributed by atoms with Crippen LogP contribution in [0.5, 0.6) is 0 Å². The Morgan fingerprint density at radius 1 is 1.62 bits per heavy atom. The zero-order chi connectivity index (χ0) is 11.5. The van der Waals surface area contributed by atoms with Crippen LogP contribution in [-0.4, -0.2) is 12.5 Å². The summed E-state index contributed by atoms with van der Waals surface area (Å²) in [5, 5.41) is 3.28. The van der Waals surface area contributed by atoms with E-state index in [1.807, 2.05) is 18.3 Å². The molecule has 2 rings (SSSR count). The largest absolute Gasteiger partial charge is 0.369 e. The lowest BCUT2D eigenvalue weighted by molar-refractivity contribution is -0.121. The summed E-state index contributed by atoms with van der Waals surface area (Å²) in [6.45, 7) is 3.37. The molecule has 1 aliphatic carbocycles. The Hall–Kier alpha value is -0.870. The van der Waals surface area contributed by atoms with Crippen LogP contribution in [0.4, 0.5) is 0 Å². The van der Waals surface area contributed by atoms with Crippen LogP contribution in [0.3, 0.4) is 0 Å². The molecule has 1 aromatic heterocycles. The van der Waals surface area contributed by atoms with Gasteiger partial charge in [0.15, 0.2) is 0 Å². The predicted molar refractivity (Wildman–Crippen MR) is 66.4 cm³/mol. The Morgan fingerprint density at radius 2 is 2.44 bits per heavy atom. The number of nitrogens with one attached hydrogen (secondary N) is 1. The summed E-state index contributed by atoms with van der Waals surface area (Å²) in [6, 6.07) is 2.30. The first kappa shape index (κ1) is 11.6. The van der Waals surface area contributed by atoms with Gasteiger partial charge in [0.05, 0.1) is 0 Å². The first-order valence-corrected chi connectivity index (χ1v) is 6.59. The minimum absolute atomic E-state index is 0.0909. The van der Waals surface area contributed by atoms with Crippen LogP contribution >= 0.6 is 11.3 Å². The Labute approximate surface area is 100 Å². The highest BCUT2D eigenvalue weighted by atomic mass is 32.1. The van der Waals surface area contributed by atoms with E-state index in [9.17, 15) is 4.79 Å². The van der Waals surface area contributed by atoms with Crippen molar-refractivity contribution in [2.24, 2.45) is 11.7 Å². The Bertz CT molecular complexity index is 365. The number of hydrogen-bond acceptors (Lipinski definition) is 3. The number of thiophene rings is 1. The smallest absolute Gasteiger partial charge is 0.221 e. The molecule has 0 saturated carbocycles. The molecule has 3 nitrogen and oxygen atoms in total. The molecule has 0 aromatic carbocycles. The maximum absolute atomic E-state index is 10.8. The second-order valence-corrected chi connectivity index (χ2v) is 5.67. The molecule has 0 aliphatic heterocycles. The highest BCUT2D eigenvalue weighted by molar-refractivity contribution is 7.12. The summed E-state index contributed by atoms with van der Waals surface area (Å²) in [5.74, 6) is -0.326. The summed E-state index contributed by atoms with van der Waals surface area (Å²) in [7, 11) is 0. The van der Waals surface area contributed by atoms with Crippen LogP contribution in [-0.2, 0) is 24.2 Å². The van der Waals surface area contributed by atoms with Crippen LogP contribution < -0.4 is 11.1 Å². The number of hydrogen-bond donors (Lipinski definition) is 2. The van der Waals surface area contributed by atoms with Crippen molar-refractivity contribution in [2.45, 2.75) is 32.7 Å². The molecule has 0 radical (unpaired) electrons. The predicted octanol–water partition coefficient (Wildman–Crippen LogP) is 1.45. The van der Waals surface area contributed by atoms with E-state index < -0.39 is 0 Å². The van der Waals surface area contributed by atoms with Crippen LogP contribution in [0.25, 0.3) is 0 Å². The van der Waals surface area contributed by atoms with Gasteiger partial charge >= 0.3 is 0 Å². The van der Waals surface area contributed by atoms with E-state index >= 15 is 0 Å². The molecule has 0 saturated heterocycles. The average molecular weight is 238 g/mol. The molecule has 4 heteroatoms. The normalized spacial score (nSPS) is 16.1. The molecule has 0 spiro atoms. The Morgan fingerprint density at radius 3 is 3.12 bits per heavy atom. The molecule has 1 aromatic rings. The lowest BCUT2D eigenvalue weighted by Crippen LogP contribution is -2.30. The zero-order valence-corrected chi connectivity index (χ0v) is 10.4. The molecule has 0 fully saturated rings. The molecular formula is C12H18N2OS. The molecule has 1 atom stereocenters. The monoisotopic (exact) mass is 238 g/mol. The van der Waals surface area contributed by atoms with Gasteiger partial charge in [-0.1, -0.05) is 6.92 Å². The van der Waals surface area contributed by atoms with Gasteiger partial charge < -0.3 is 11.1 Å². The highest BCUT2D eigenvalue weighted by Gasteiger charge is 2.14. The van der Waals surface area contributed by atoms with Gasteiger partial charge in [-0.25, -0.2) is 0 Å². The Balaban J connectivity index is 1.79. The van der Waals surface area contributed by atoms with Gasteiger partial charge in [0.1, 0.15) is 0 Å². The third kappa shape index (κ3) is 2.62. The molecular weight excluding hydrogens is 220 g/mol. The van der Waals surface area contributed by atoms with Gasteiger partial charge in [0, 0.05) is 28.8 Å². The molecule has 0 bridgehead atoms. The van der Waals surface area contributed by atoms with Crippen LogP contribution in [0.2, 0.25) is 0 Å². The summed E-state index contributed by atoms with van der Waals surface area (Å²) < 4.78 is 0. The standard InChI is InChI=1S/C12H18N2OS/c1-8(12(13)15)6-14-7-10-5-9-3-2-4-11(9)16-10/h5,8,14H,2-4,6-7H2,1H3,(H2,13,15). The summed E-state index contributed by atoms with van der Waals surface area (Å²) in [4.78, 5) is 13.8. The number of rotatable bonds is 5. The molecule has 1 unspecified atom stereocenters. The van der Waals surface area contributed by atoms with Crippen molar-refractivity contribution < 1.29 is 4.79 Å². The fraction of sp³-hybridized carbons (Fsp3) is 0.583. The fourth-order valence-electron chi connectivity index (χ4n) is 1.99. The van der Waals surface area contributed by atoms with E-state index in [0.29, 0.717) is 6.54 Å². The maximum Gasteiger partial charge on any atom is 0.221 e. The highest BCUT2D eigenvalue weighted by Crippen LogP contribution is 2.30. The molecule has 1 amide bonds. The molecule has 1 aliphatic rings. The number of nitrogens with two attached hydrogens (primary N) is 1. The van der Waals surface area contributed by atoms with Gasteiger partial charge in [-0.05, 0) is 30.9 Å². The van der Waals surface area contributed by atoms with E-state index in [2.05, 4.69) is 11.4 Å². The van der Waals surface area contributed by atoms with Crippen molar-refractivity contribution >= 4 is 17.2 Å². The van der Waals surface area contributed by atoms with Gasteiger partial charge in [-0.15, -0.1) is 11.3 Å². The minimum atomic E-state index is -0.235. The molecule has 88 valence electrons. The first-order chi connectivity index (χ1) is 7.66. The number of carbonyl (C=O) groups is 1. The van der Waals surface area contributed by atoms with Gasteiger partial charge in [-0.3, -0.25) is 4.79 Å². The third-order valence-corrected chi connectivity index (χ3v) is 4.27. The number of fused-ring (bicyclic) bond motifs is 1. The number of primary amides is 1. The molecule has 3 N–H and O–H groups in total. The lowest BCUT2D eigenvalue weighted by Gasteiger charge is -2.07. The zero-order valence-electron chi connectivity index (χ0n) is 9.58. The number of amides is 1. The Kier molecular flexibility index (Phi) is 3.61. The van der Waals surface area contributed by atoms with E-state index in [-0.39, 0.29) is 11.8 Å². The SMILES string of the molecule is CC(CNCc1cc2c(s1)CCC2)C(N)=O. The number of aryl methyl sites for hydroxylation is 2. The minimum Gasteiger partial charge on any atom is -0.369 e. The first-order valence-electron chi connectivity index (χ1n) is 5.77. The van der Waals surface area contributed by atoms with E-state index in [1.165, 1.54) is 29.7 Å². The quantitative estimate of drug-likeness (QED) is 0.815. The van der Waals surface area contributed by atoms with Crippen molar-refractivity contribution in [1.29, 1.82) is 0 Å². The van der Waals surface area contributed by atoms with Gasteiger partial charge in [0.25, 0.3) is 0 Å². The molecule has 16 heavy (non-hydrogen) atoms. The second-order valence-electron chi connectivity index (χ2n) is 4.45. The van der Waals surface area contributed by atoms with Crippen molar-refractivity contribution in [2.75, 3.05) is 6.54 Å². The van der Waals surface area contributed by atoms with Crippen molar-refractivity contribution in [3.8, 4) is 0 Å². The summed E-state index contributed by atoms with van der Waals surface area (Å²) in [5.41, 5.74) is 6.73. The molecule has 1 heterocycles. The van der Waals surface area contributed by atoms with Crippen LogP contribution in [0.15, 0.2) is 6.07 Å². The maximum atomic E-state index is 10.8. The number of carbonyl (C=O) groups excluding carboxylic acids is 1. The fourth-order valence-corrected chi connectivity index (χ4v) is 3.22. The van der Waals surface area contributed by atoms with Crippen LogP contribution in [0, 0.1) is 5.92 Å². The van der Waals surface area contributed by atoms with Gasteiger partial charge in [0.2, 0.25) is 5.91 Å². The topological polar surface area (TPSA) is 55.1 Å². The van der Waals surface area contributed by atoms with E-state index in [0.717, 1.165) is 6.54 Å². The third-order valence-electron chi connectivity index (χ3n) is 3.03. The van der Waals surface area contributed by atoms with Gasteiger partial charge in [-0.2, -0.15) is 0 Å². The van der Waals surface area contributed by atoms with Crippen molar-refractivity contribution in [3.63, 3.8) is 0 Å². The van der Waals surface area contributed by atoms with E-state index in [4.69, 9.17) is 5.73 Å².